The summed E-state index contributed by atoms with van der Waals surface area (Å²) in [5.41, 5.74) is 0.477. The van der Waals surface area contributed by atoms with Crippen LogP contribution in [-0.2, 0) is 11.3 Å². The SMILES string of the molecule is COc1cc2ncn(CCCC(=O)NCC3(N(C)C)CCCC3)c(=O)c2cc1OC. The molecule has 2 aromatic rings. The average Bonchev–Trinajstić information content (AvgIpc) is 3.23. The van der Waals surface area contributed by atoms with Crippen molar-refractivity contribution < 1.29 is 14.3 Å². The molecule has 1 N–H and O–H groups in total. The summed E-state index contributed by atoms with van der Waals surface area (Å²) < 4.78 is 12.1. The lowest BCUT2D eigenvalue weighted by Crippen LogP contribution is -2.50. The number of aryl methyl sites for hydroxylation is 1. The van der Waals surface area contributed by atoms with E-state index in [9.17, 15) is 9.59 Å². The Morgan fingerprint density at radius 3 is 2.50 bits per heavy atom. The Kier molecular flexibility index (Phi) is 6.97. The molecular weight excluding hydrogens is 384 g/mol. The average molecular weight is 417 g/mol. The van der Waals surface area contributed by atoms with Crippen LogP contribution in [0, 0.1) is 0 Å². The molecule has 1 heterocycles. The number of likely N-dealkylation sites (N-methyl/N-ethyl adjacent to an activating group) is 1. The van der Waals surface area contributed by atoms with Crippen LogP contribution >= 0.6 is 0 Å². The van der Waals surface area contributed by atoms with Gasteiger partial charge in [-0.1, -0.05) is 12.8 Å². The number of rotatable bonds is 9. The quantitative estimate of drug-likeness (QED) is 0.674. The number of carbonyl (C=O) groups is 1. The maximum Gasteiger partial charge on any atom is 0.261 e. The monoisotopic (exact) mass is 416 g/mol. The third-order valence-electron chi connectivity index (χ3n) is 6.23. The van der Waals surface area contributed by atoms with Crippen molar-refractivity contribution in [1.29, 1.82) is 0 Å². The fourth-order valence-corrected chi connectivity index (χ4v) is 4.22. The molecule has 8 nitrogen and oxygen atoms in total. The van der Waals surface area contributed by atoms with Crippen molar-refractivity contribution in [2.75, 3.05) is 34.9 Å². The zero-order valence-electron chi connectivity index (χ0n) is 18.4. The lowest BCUT2D eigenvalue weighted by Gasteiger charge is -2.36. The van der Waals surface area contributed by atoms with Gasteiger partial charge >= 0.3 is 0 Å². The number of nitrogens with one attached hydrogen (secondary N) is 1. The summed E-state index contributed by atoms with van der Waals surface area (Å²) in [6, 6.07) is 3.34. The summed E-state index contributed by atoms with van der Waals surface area (Å²) in [5, 5.41) is 3.56. The van der Waals surface area contributed by atoms with Crippen LogP contribution in [0.5, 0.6) is 11.5 Å². The minimum absolute atomic E-state index is 0.0244. The lowest BCUT2D eigenvalue weighted by atomic mass is 9.96. The smallest absolute Gasteiger partial charge is 0.261 e. The second kappa shape index (κ2) is 9.47. The Bertz CT molecular complexity index is 948. The van der Waals surface area contributed by atoms with Crippen LogP contribution in [0.2, 0.25) is 0 Å². The highest BCUT2D eigenvalue weighted by atomic mass is 16.5. The zero-order valence-corrected chi connectivity index (χ0v) is 18.4. The zero-order chi connectivity index (χ0) is 21.7. The molecule has 0 saturated heterocycles. The number of methoxy groups -OCH3 is 2. The second-order valence-corrected chi connectivity index (χ2v) is 8.17. The van der Waals surface area contributed by atoms with E-state index in [1.807, 2.05) is 0 Å². The Hall–Kier alpha value is -2.61. The molecule has 8 heteroatoms. The van der Waals surface area contributed by atoms with Crippen LogP contribution < -0.4 is 20.3 Å². The van der Waals surface area contributed by atoms with E-state index in [4.69, 9.17) is 9.47 Å². The molecule has 1 aliphatic rings. The molecule has 30 heavy (non-hydrogen) atoms. The van der Waals surface area contributed by atoms with Gasteiger partial charge in [-0.3, -0.25) is 14.2 Å². The molecule has 0 atom stereocenters. The van der Waals surface area contributed by atoms with Crippen LogP contribution in [0.15, 0.2) is 23.3 Å². The van der Waals surface area contributed by atoms with E-state index in [-0.39, 0.29) is 17.0 Å². The highest BCUT2D eigenvalue weighted by Crippen LogP contribution is 2.33. The van der Waals surface area contributed by atoms with E-state index < -0.39 is 0 Å². The third-order valence-corrected chi connectivity index (χ3v) is 6.23. The van der Waals surface area contributed by atoms with E-state index in [2.05, 4.69) is 29.3 Å². The van der Waals surface area contributed by atoms with Gasteiger partial charge < -0.3 is 19.7 Å². The molecule has 0 radical (unpaired) electrons. The van der Waals surface area contributed by atoms with Crippen molar-refractivity contribution in [3.63, 3.8) is 0 Å². The van der Waals surface area contributed by atoms with E-state index in [1.54, 1.807) is 23.8 Å². The summed E-state index contributed by atoms with van der Waals surface area (Å²) in [4.78, 5) is 31.8. The number of benzene rings is 1. The van der Waals surface area contributed by atoms with E-state index in [1.165, 1.54) is 26.3 Å². The Morgan fingerprint density at radius 2 is 1.87 bits per heavy atom. The number of carbonyl (C=O) groups excluding carboxylic acids is 1. The first kappa shape index (κ1) is 22.1. The molecule has 1 aromatic heterocycles. The Labute approximate surface area is 177 Å². The number of ether oxygens (including phenoxy) is 2. The van der Waals surface area contributed by atoms with Gasteiger partial charge in [0.1, 0.15) is 0 Å². The summed E-state index contributed by atoms with van der Waals surface area (Å²) in [6.45, 7) is 1.11. The van der Waals surface area contributed by atoms with Gasteiger partial charge in [-0.2, -0.15) is 0 Å². The van der Waals surface area contributed by atoms with Crippen molar-refractivity contribution in [1.82, 2.24) is 19.8 Å². The predicted octanol–water partition coefficient (Wildman–Crippen LogP) is 2.18. The summed E-state index contributed by atoms with van der Waals surface area (Å²) >= 11 is 0. The maximum absolute atomic E-state index is 12.8. The van der Waals surface area contributed by atoms with Gasteiger partial charge in [0.2, 0.25) is 5.91 Å². The molecule has 1 saturated carbocycles. The minimum atomic E-state index is -0.154. The molecule has 3 rings (SSSR count). The van der Waals surface area contributed by atoms with E-state index in [0.717, 1.165) is 12.8 Å². The van der Waals surface area contributed by atoms with Crippen molar-refractivity contribution in [2.24, 2.45) is 0 Å². The van der Waals surface area contributed by atoms with Crippen LogP contribution in [0.3, 0.4) is 0 Å². The van der Waals surface area contributed by atoms with Crippen LogP contribution in [0.4, 0.5) is 0 Å². The fourth-order valence-electron chi connectivity index (χ4n) is 4.22. The van der Waals surface area contributed by atoms with Gasteiger partial charge in [0.25, 0.3) is 5.56 Å². The molecule has 0 bridgehead atoms. The van der Waals surface area contributed by atoms with Gasteiger partial charge in [0, 0.05) is 31.1 Å². The van der Waals surface area contributed by atoms with Crippen LogP contribution in [0.1, 0.15) is 38.5 Å². The minimum Gasteiger partial charge on any atom is -0.493 e. The predicted molar refractivity (Wildman–Crippen MR) is 116 cm³/mol. The molecule has 1 aliphatic carbocycles. The van der Waals surface area contributed by atoms with Crippen LogP contribution in [0.25, 0.3) is 10.9 Å². The van der Waals surface area contributed by atoms with E-state index >= 15 is 0 Å². The first-order chi connectivity index (χ1) is 14.4. The van der Waals surface area contributed by atoms with E-state index in [0.29, 0.717) is 48.3 Å². The molecule has 0 spiro atoms. The molecule has 0 unspecified atom stereocenters. The first-order valence-electron chi connectivity index (χ1n) is 10.5. The summed E-state index contributed by atoms with van der Waals surface area (Å²) in [7, 11) is 7.24. The second-order valence-electron chi connectivity index (χ2n) is 8.17. The van der Waals surface area contributed by atoms with Gasteiger partial charge in [0.05, 0.1) is 31.4 Å². The van der Waals surface area contributed by atoms with Crippen LogP contribution in [-0.4, -0.2) is 60.8 Å². The van der Waals surface area contributed by atoms with Crippen molar-refractivity contribution in [2.45, 2.75) is 50.6 Å². The topological polar surface area (TPSA) is 85.7 Å². The normalized spacial score (nSPS) is 15.5. The van der Waals surface area contributed by atoms with Crippen molar-refractivity contribution >= 4 is 16.8 Å². The number of fused-ring (bicyclic) bond motifs is 1. The lowest BCUT2D eigenvalue weighted by molar-refractivity contribution is -0.121. The Balaban J connectivity index is 1.60. The van der Waals surface area contributed by atoms with Gasteiger partial charge in [-0.25, -0.2) is 4.98 Å². The Morgan fingerprint density at radius 1 is 1.20 bits per heavy atom. The van der Waals surface area contributed by atoms with Gasteiger partial charge in [-0.05, 0) is 39.4 Å². The molecule has 1 aromatic carbocycles. The summed E-state index contributed by atoms with van der Waals surface area (Å²) in [6.07, 6.45) is 7.12. The number of hydrogen-bond donors (Lipinski definition) is 1. The van der Waals surface area contributed by atoms with Gasteiger partial charge in [-0.15, -0.1) is 0 Å². The molecule has 0 aliphatic heterocycles. The number of nitrogens with zero attached hydrogens (tertiary/aromatic N) is 3. The largest absolute Gasteiger partial charge is 0.493 e. The number of hydrogen-bond acceptors (Lipinski definition) is 6. The highest BCUT2D eigenvalue weighted by molar-refractivity contribution is 5.81. The molecular formula is C22H32N4O4. The van der Waals surface area contributed by atoms with Crippen molar-refractivity contribution in [3.8, 4) is 11.5 Å². The standard InChI is InChI=1S/C22H32N4O4/c1-25(2)22(9-5-6-10-22)14-23-20(27)8-7-11-26-15-24-17-13-19(30-4)18(29-3)12-16(17)21(26)28/h12-13,15H,5-11,14H2,1-4H3,(H,23,27). The fraction of sp³-hybridized carbons (Fsp3) is 0.591. The highest BCUT2D eigenvalue weighted by Gasteiger charge is 2.35. The molecule has 164 valence electrons. The molecule has 1 fully saturated rings. The number of amides is 1. The number of aromatic nitrogens is 2. The van der Waals surface area contributed by atoms with Gasteiger partial charge in [0.15, 0.2) is 11.5 Å². The maximum atomic E-state index is 12.8. The van der Waals surface area contributed by atoms with Crippen molar-refractivity contribution in [3.05, 3.63) is 28.8 Å². The summed E-state index contributed by atoms with van der Waals surface area (Å²) in [5.74, 6) is 1.04. The molecule has 1 amide bonds. The third kappa shape index (κ3) is 4.59. The first-order valence-corrected chi connectivity index (χ1v) is 10.5.